The molecule has 0 spiro atoms. The molecule has 4 aromatic rings. The highest BCUT2D eigenvalue weighted by molar-refractivity contribution is 7.16. The number of amides is 1. The van der Waals surface area contributed by atoms with Gasteiger partial charge >= 0.3 is 0 Å². The molecule has 0 aliphatic heterocycles. The zero-order chi connectivity index (χ0) is 28.1. The molecule has 0 fully saturated rings. The number of carbonyl (C=O) groups excluding carboxylic acids is 1. The van der Waals surface area contributed by atoms with E-state index in [0.717, 1.165) is 41.0 Å². The molecule has 1 atom stereocenters. The van der Waals surface area contributed by atoms with Crippen LogP contribution < -0.4 is 10.1 Å². The molecular formula is C33H33N3O3S. The summed E-state index contributed by atoms with van der Waals surface area (Å²) in [7, 11) is 0. The number of carbonyl (C=O) groups is 1. The largest absolute Gasteiger partial charge is 0.488 e. The summed E-state index contributed by atoms with van der Waals surface area (Å²) in [6.07, 6.45) is 6.28. The summed E-state index contributed by atoms with van der Waals surface area (Å²) in [4.78, 5) is 19.6. The highest BCUT2D eigenvalue weighted by Gasteiger charge is 2.33. The highest BCUT2D eigenvalue weighted by atomic mass is 32.1. The SMILES string of the molecule is CC(C)(C)[C@@H]1CCc2c(sc(N=Cc3ccccc3OCc3ccc(C#N)cc3)c2C(=O)NCc2ccco2)C1. The Hall–Kier alpha value is -4.15. The molecule has 0 saturated heterocycles. The lowest BCUT2D eigenvalue weighted by atomic mass is 9.72. The van der Waals surface area contributed by atoms with E-state index < -0.39 is 0 Å². The van der Waals surface area contributed by atoms with Crippen LogP contribution in [0.5, 0.6) is 5.75 Å². The number of ether oxygens (including phenoxy) is 1. The number of nitrogens with one attached hydrogen (secondary N) is 1. The van der Waals surface area contributed by atoms with Gasteiger partial charge < -0.3 is 14.5 Å². The lowest BCUT2D eigenvalue weighted by molar-refractivity contribution is 0.0947. The van der Waals surface area contributed by atoms with Gasteiger partial charge in [-0.3, -0.25) is 4.79 Å². The van der Waals surface area contributed by atoms with Crippen LogP contribution in [0.15, 0.2) is 76.3 Å². The Kier molecular flexibility index (Phi) is 8.18. The molecule has 1 amide bonds. The van der Waals surface area contributed by atoms with E-state index in [2.05, 4.69) is 32.2 Å². The fourth-order valence-corrected chi connectivity index (χ4v) is 6.26. The van der Waals surface area contributed by atoms with Crippen molar-refractivity contribution < 1.29 is 13.9 Å². The first-order valence-electron chi connectivity index (χ1n) is 13.5. The molecule has 1 aliphatic carbocycles. The van der Waals surface area contributed by atoms with Gasteiger partial charge in [0.15, 0.2) is 0 Å². The van der Waals surface area contributed by atoms with E-state index >= 15 is 0 Å². The average molecular weight is 552 g/mol. The quantitative estimate of drug-likeness (QED) is 0.228. The number of nitriles is 1. The minimum absolute atomic E-state index is 0.124. The van der Waals surface area contributed by atoms with Crippen molar-refractivity contribution in [2.75, 3.05) is 0 Å². The number of benzene rings is 2. The molecule has 7 heteroatoms. The zero-order valence-electron chi connectivity index (χ0n) is 23.1. The summed E-state index contributed by atoms with van der Waals surface area (Å²) in [6.45, 7) is 7.58. The predicted octanol–water partition coefficient (Wildman–Crippen LogP) is 7.62. The molecule has 204 valence electrons. The van der Waals surface area contributed by atoms with Crippen molar-refractivity contribution in [2.24, 2.45) is 16.3 Å². The van der Waals surface area contributed by atoms with Gasteiger partial charge in [0.25, 0.3) is 5.91 Å². The van der Waals surface area contributed by atoms with E-state index in [1.165, 1.54) is 4.88 Å². The molecule has 6 nitrogen and oxygen atoms in total. The molecule has 2 aromatic carbocycles. The third-order valence-electron chi connectivity index (χ3n) is 7.42. The fraction of sp³-hybridized carbons (Fsp3) is 0.303. The standard InChI is InChI=1S/C33H33N3O3S/c1-33(2,3)25-14-15-27-29(17-25)40-32(30(27)31(37)35-20-26-8-6-16-38-26)36-19-24-7-4-5-9-28(24)39-21-23-12-10-22(18-34)11-13-23/h4-13,16,19,25H,14-15,17,20-21H2,1-3H3,(H,35,37)/t25-/m1/s1. The number of para-hydroxylation sites is 1. The number of fused-ring (bicyclic) bond motifs is 1. The number of hydrogen-bond donors (Lipinski definition) is 1. The van der Waals surface area contributed by atoms with Gasteiger partial charge in [-0.2, -0.15) is 5.26 Å². The summed E-state index contributed by atoms with van der Waals surface area (Å²) < 4.78 is 11.5. The second-order valence-corrected chi connectivity index (χ2v) is 12.2. The van der Waals surface area contributed by atoms with Crippen molar-refractivity contribution in [2.45, 2.75) is 53.2 Å². The van der Waals surface area contributed by atoms with Crippen molar-refractivity contribution in [1.29, 1.82) is 5.26 Å². The van der Waals surface area contributed by atoms with Gasteiger partial charge in [0.05, 0.1) is 30.0 Å². The predicted molar refractivity (Wildman–Crippen MR) is 158 cm³/mol. The number of thiophene rings is 1. The van der Waals surface area contributed by atoms with Gasteiger partial charge in [-0.05, 0) is 78.1 Å². The van der Waals surface area contributed by atoms with Crippen LogP contribution in [-0.4, -0.2) is 12.1 Å². The maximum atomic E-state index is 13.5. The van der Waals surface area contributed by atoms with Crippen LogP contribution >= 0.6 is 11.3 Å². The Balaban J connectivity index is 1.40. The van der Waals surface area contributed by atoms with Crippen LogP contribution in [0.2, 0.25) is 0 Å². The van der Waals surface area contributed by atoms with Crippen LogP contribution in [0, 0.1) is 22.7 Å². The third kappa shape index (κ3) is 6.35. The normalized spacial score (nSPS) is 15.0. The van der Waals surface area contributed by atoms with Gasteiger partial charge in [-0.15, -0.1) is 11.3 Å². The Morgan fingerprint density at radius 3 is 2.70 bits per heavy atom. The smallest absolute Gasteiger partial charge is 0.255 e. The van der Waals surface area contributed by atoms with Crippen LogP contribution in [0.25, 0.3) is 0 Å². The van der Waals surface area contributed by atoms with E-state index in [-0.39, 0.29) is 11.3 Å². The summed E-state index contributed by atoms with van der Waals surface area (Å²) in [5.41, 5.74) is 4.43. The van der Waals surface area contributed by atoms with Gasteiger partial charge in [0, 0.05) is 16.7 Å². The molecule has 0 radical (unpaired) electrons. The Morgan fingerprint density at radius 2 is 1.98 bits per heavy atom. The third-order valence-corrected chi connectivity index (χ3v) is 8.58. The van der Waals surface area contributed by atoms with E-state index in [9.17, 15) is 4.79 Å². The van der Waals surface area contributed by atoms with Gasteiger partial charge in [-0.1, -0.05) is 45.0 Å². The number of rotatable bonds is 8. The summed E-state index contributed by atoms with van der Waals surface area (Å²) in [5.74, 6) is 1.85. The van der Waals surface area contributed by atoms with Crippen LogP contribution in [-0.2, 0) is 26.0 Å². The van der Waals surface area contributed by atoms with Crippen LogP contribution in [0.4, 0.5) is 5.00 Å². The lowest BCUT2D eigenvalue weighted by Gasteiger charge is -2.33. The maximum Gasteiger partial charge on any atom is 0.255 e. The summed E-state index contributed by atoms with van der Waals surface area (Å²) in [5, 5.41) is 12.8. The second kappa shape index (κ2) is 11.9. The van der Waals surface area contributed by atoms with Crippen molar-refractivity contribution in [1.82, 2.24) is 5.32 Å². The van der Waals surface area contributed by atoms with Crippen LogP contribution in [0.3, 0.4) is 0 Å². The summed E-state index contributed by atoms with van der Waals surface area (Å²) >= 11 is 1.62. The first-order chi connectivity index (χ1) is 19.3. The summed E-state index contributed by atoms with van der Waals surface area (Å²) in [6, 6.07) is 20.9. The number of aliphatic imine (C=N–C) groups is 1. The van der Waals surface area contributed by atoms with Gasteiger partial charge in [0.2, 0.25) is 0 Å². The first kappa shape index (κ1) is 27.4. The van der Waals surface area contributed by atoms with E-state index in [0.29, 0.717) is 41.7 Å². The van der Waals surface area contributed by atoms with Crippen LogP contribution in [0.1, 0.15) is 70.4 Å². The molecule has 2 aromatic heterocycles. The molecular weight excluding hydrogens is 518 g/mol. The fourth-order valence-electron chi connectivity index (χ4n) is 4.99. The molecule has 5 rings (SSSR count). The van der Waals surface area contributed by atoms with Gasteiger partial charge in [-0.25, -0.2) is 4.99 Å². The molecule has 0 unspecified atom stereocenters. The minimum atomic E-state index is -0.124. The van der Waals surface area contributed by atoms with Crippen molar-refractivity contribution in [3.63, 3.8) is 0 Å². The van der Waals surface area contributed by atoms with E-state index in [1.54, 1.807) is 35.9 Å². The number of nitrogens with zero attached hydrogens (tertiary/aromatic N) is 2. The molecule has 1 aliphatic rings. The number of hydrogen-bond acceptors (Lipinski definition) is 6. The highest BCUT2D eigenvalue weighted by Crippen LogP contribution is 2.45. The molecule has 2 heterocycles. The Labute approximate surface area is 239 Å². The number of furan rings is 1. The second-order valence-electron chi connectivity index (χ2n) is 11.1. The first-order valence-corrected chi connectivity index (χ1v) is 14.3. The van der Waals surface area contributed by atoms with Crippen molar-refractivity contribution in [3.05, 3.63) is 105 Å². The average Bonchev–Trinajstić information content (AvgIpc) is 3.61. The molecule has 0 bridgehead atoms. The maximum absolute atomic E-state index is 13.5. The Bertz CT molecular complexity index is 1540. The Morgan fingerprint density at radius 1 is 1.18 bits per heavy atom. The minimum Gasteiger partial charge on any atom is -0.488 e. The molecule has 40 heavy (non-hydrogen) atoms. The zero-order valence-corrected chi connectivity index (χ0v) is 23.9. The van der Waals surface area contributed by atoms with Gasteiger partial charge in [0.1, 0.15) is 23.1 Å². The molecule has 0 saturated carbocycles. The topological polar surface area (TPSA) is 87.6 Å². The monoisotopic (exact) mass is 551 g/mol. The van der Waals surface area contributed by atoms with E-state index in [4.69, 9.17) is 19.4 Å². The van der Waals surface area contributed by atoms with E-state index in [1.807, 2.05) is 48.5 Å². The lowest BCUT2D eigenvalue weighted by Crippen LogP contribution is -2.28. The van der Waals surface area contributed by atoms with Crippen molar-refractivity contribution in [3.8, 4) is 11.8 Å². The molecule has 1 N–H and O–H groups in total. The van der Waals surface area contributed by atoms with Crippen molar-refractivity contribution >= 4 is 28.5 Å².